The normalized spacial score (nSPS) is 17.7. The smallest absolute Gasteiger partial charge is 0.407 e. The second kappa shape index (κ2) is 6.85. The number of benzene rings is 1. The third-order valence-electron chi connectivity index (χ3n) is 3.44. The summed E-state index contributed by atoms with van der Waals surface area (Å²) in [5, 5.41) is 5.21. The van der Waals surface area contributed by atoms with Crippen LogP contribution in [0, 0.1) is 5.82 Å². The Bertz CT molecular complexity index is 586. The number of carbonyl (C=O) groups excluding carboxylic acids is 2. The van der Waals surface area contributed by atoms with E-state index >= 15 is 0 Å². The monoisotopic (exact) mass is 323 g/mol. The molecule has 0 aromatic heterocycles. The zero-order valence-corrected chi connectivity index (χ0v) is 13.6. The maximum absolute atomic E-state index is 13.8. The van der Waals surface area contributed by atoms with Crippen molar-refractivity contribution < 1.29 is 18.7 Å². The number of amides is 2. The Hall–Kier alpha value is -2.31. The van der Waals surface area contributed by atoms with E-state index in [0.717, 1.165) is 6.42 Å². The van der Waals surface area contributed by atoms with Gasteiger partial charge in [-0.1, -0.05) is 6.07 Å². The highest BCUT2D eigenvalue weighted by molar-refractivity contribution is 5.82. The van der Waals surface area contributed by atoms with Crippen LogP contribution in [0.25, 0.3) is 0 Å². The molecule has 23 heavy (non-hydrogen) atoms. The predicted octanol–water partition coefficient (Wildman–Crippen LogP) is 2.50. The van der Waals surface area contributed by atoms with Crippen molar-refractivity contribution in [3.8, 4) is 0 Å². The maximum Gasteiger partial charge on any atom is 0.407 e. The van der Waals surface area contributed by atoms with Crippen LogP contribution in [0.5, 0.6) is 0 Å². The molecule has 1 aromatic rings. The Balaban J connectivity index is 2.02. The Morgan fingerprint density at radius 3 is 2.83 bits per heavy atom. The lowest BCUT2D eigenvalue weighted by Crippen LogP contribution is -2.40. The molecule has 0 aliphatic carbocycles. The van der Waals surface area contributed by atoms with Crippen LogP contribution in [0.2, 0.25) is 0 Å². The van der Waals surface area contributed by atoms with Gasteiger partial charge in [0.2, 0.25) is 6.41 Å². The van der Waals surface area contributed by atoms with Crippen LogP contribution in [0.3, 0.4) is 0 Å². The van der Waals surface area contributed by atoms with Crippen LogP contribution in [-0.2, 0) is 9.53 Å². The average Bonchev–Trinajstić information content (AvgIpc) is 2.87. The molecule has 7 heteroatoms. The van der Waals surface area contributed by atoms with Gasteiger partial charge < -0.3 is 20.3 Å². The molecular formula is C16H22FN3O3. The molecule has 2 rings (SSSR count). The molecule has 1 aliphatic heterocycles. The lowest BCUT2D eigenvalue weighted by Gasteiger charge is -2.23. The Labute approximate surface area is 135 Å². The van der Waals surface area contributed by atoms with Gasteiger partial charge in [-0.05, 0) is 39.3 Å². The van der Waals surface area contributed by atoms with Crippen molar-refractivity contribution in [2.45, 2.75) is 38.8 Å². The molecule has 1 atom stereocenters. The van der Waals surface area contributed by atoms with Gasteiger partial charge in [0, 0.05) is 13.1 Å². The summed E-state index contributed by atoms with van der Waals surface area (Å²) >= 11 is 0. The van der Waals surface area contributed by atoms with Gasteiger partial charge in [0.1, 0.15) is 17.1 Å². The van der Waals surface area contributed by atoms with Crippen LogP contribution in [-0.4, -0.2) is 37.2 Å². The summed E-state index contributed by atoms with van der Waals surface area (Å²) < 4.78 is 19.1. The molecule has 2 amide bonds. The number of halogens is 1. The minimum atomic E-state index is -0.550. The van der Waals surface area contributed by atoms with Crippen molar-refractivity contribution in [3.63, 3.8) is 0 Å². The van der Waals surface area contributed by atoms with Crippen molar-refractivity contribution >= 4 is 23.9 Å². The predicted molar refractivity (Wildman–Crippen MR) is 86.1 cm³/mol. The van der Waals surface area contributed by atoms with E-state index in [2.05, 4.69) is 10.6 Å². The first-order valence-electron chi connectivity index (χ1n) is 7.53. The zero-order chi connectivity index (χ0) is 17.0. The second-order valence-electron chi connectivity index (χ2n) is 6.47. The molecule has 126 valence electrons. The molecule has 1 fully saturated rings. The van der Waals surface area contributed by atoms with Crippen molar-refractivity contribution in [3.05, 3.63) is 24.0 Å². The Morgan fingerprint density at radius 1 is 1.43 bits per heavy atom. The quantitative estimate of drug-likeness (QED) is 0.835. The van der Waals surface area contributed by atoms with Crippen LogP contribution in [0.1, 0.15) is 27.2 Å². The van der Waals surface area contributed by atoms with Crippen molar-refractivity contribution in [2.24, 2.45) is 0 Å². The number of hydrogen-bond donors (Lipinski definition) is 2. The van der Waals surface area contributed by atoms with Gasteiger partial charge >= 0.3 is 6.09 Å². The summed E-state index contributed by atoms with van der Waals surface area (Å²) in [6, 6.07) is 4.54. The lowest BCUT2D eigenvalue weighted by atomic mass is 10.2. The van der Waals surface area contributed by atoms with Crippen LogP contribution in [0.4, 0.5) is 20.6 Å². The number of alkyl carbamates (subject to hydrolysis) is 1. The van der Waals surface area contributed by atoms with E-state index in [1.54, 1.807) is 32.9 Å². The minimum absolute atomic E-state index is 0.0859. The summed E-state index contributed by atoms with van der Waals surface area (Å²) in [6.45, 7) is 6.58. The van der Waals surface area contributed by atoms with Crippen molar-refractivity contribution in [2.75, 3.05) is 23.3 Å². The summed E-state index contributed by atoms with van der Waals surface area (Å²) in [4.78, 5) is 24.4. The molecule has 1 heterocycles. The molecule has 0 saturated carbocycles. The summed E-state index contributed by atoms with van der Waals surface area (Å²) in [5.41, 5.74) is 0.206. The molecule has 2 N–H and O–H groups in total. The summed E-state index contributed by atoms with van der Waals surface area (Å²) in [6.07, 6.45) is 0.708. The number of ether oxygens (including phenoxy) is 1. The highest BCUT2D eigenvalue weighted by Gasteiger charge is 2.28. The number of nitrogens with one attached hydrogen (secondary N) is 2. The fourth-order valence-corrected chi connectivity index (χ4v) is 2.55. The van der Waals surface area contributed by atoms with E-state index in [4.69, 9.17) is 4.74 Å². The summed E-state index contributed by atoms with van der Waals surface area (Å²) in [5.74, 6) is -0.488. The first-order chi connectivity index (χ1) is 10.8. The minimum Gasteiger partial charge on any atom is -0.444 e. The number of nitrogens with zero attached hydrogens (tertiary/aromatic N) is 1. The number of para-hydroxylation sites is 1. The van der Waals surface area contributed by atoms with Gasteiger partial charge in [-0.25, -0.2) is 9.18 Å². The van der Waals surface area contributed by atoms with E-state index in [0.29, 0.717) is 25.2 Å². The third kappa shape index (κ3) is 4.58. The van der Waals surface area contributed by atoms with Crippen LogP contribution >= 0.6 is 0 Å². The first-order valence-corrected chi connectivity index (χ1v) is 7.53. The van der Waals surface area contributed by atoms with Gasteiger partial charge in [0.15, 0.2) is 0 Å². The molecule has 0 spiro atoms. The lowest BCUT2D eigenvalue weighted by molar-refractivity contribution is -0.105. The van der Waals surface area contributed by atoms with Crippen molar-refractivity contribution in [1.29, 1.82) is 0 Å². The molecule has 0 radical (unpaired) electrons. The van der Waals surface area contributed by atoms with E-state index in [1.165, 1.54) is 6.07 Å². The largest absolute Gasteiger partial charge is 0.444 e. The van der Waals surface area contributed by atoms with Crippen LogP contribution < -0.4 is 15.5 Å². The van der Waals surface area contributed by atoms with Gasteiger partial charge in [-0.15, -0.1) is 0 Å². The zero-order valence-electron chi connectivity index (χ0n) is 13.6. The second-order valence-corrected chi connectivity index (χ2v) is 6.47. The Morgan fingerprint density at radius 2 is 2.17 bits per heavy atom. The maximum atomic E-state index is 13.8. The van der Waals surface area contributed by atoms with Gasteiger partial charge in [-0.2, -0.15) is 0 Å². The molecule has 1 aromatic carbocycles. The van der Waals surface area contributed by atoms with E-state index in [1.807, 2.05) is 4.90 Å². The van der Waals surface area contributed by atoms with Gasteiger partial charge in [0.25, 0.3) is 0 Å². The highest BCUT2D eigenvalue weighted by Crippen LogP contribution is 2.30. The van der Waals surface area contributed by atoms with E-state index < -0.39 is 17.5 Å². The molecular weight excluding hydrogens is 301 g/mol. The first kappa shape index (κ1) is 17.1. The number of hydrogen-bond acceptors (Lipinski definition) is 4. The topological polar surface area (TPSA) is 70.7 Å². The standard InChI is InChI=1S/C16H22FN3O3/c1-16(2,3)23-15(22)19-11-7-8-20(9-11)13-6-4-5-12(17)14(13)18-10-21/h4-6,10-11H,7-9H2,1-3H3,(H,18,21)(H,19,22). The van der Waals surface area contributed by atoms with E-state index in [-0.39, 0.29) is 11.7 Å². The summed E-state index contributed by atoms with van der Waals surface area (Å²) in [7, 11) is 0. The van der Waals surface area contributed by atoms with Crippen molar-refractivity contribution in [1.82, 2.24) is 5.32 Å². The average molecular weight is 323 g/mol. The fraction of sp³-hybridized carbons (Fsp3) is 0.500. The van der Waals surface area contributed by atoms with E-state index in [9.17, 15) is 14.0 Å². The number of anilines is 2. The number of carbonyl (C=O) groups is 2. The highest BCUT2D eigenvalue weighted by atomic mass is 19.1. The van der Waals surface area contributed by atoms with Gasteiger partial charge in [-0.3, -0.25) is 4.79 Å². The van der Waals surface area contributed by atoms with Crippen LogP contribution in [0.15, 0.2) is 18.2 Å². The molecule has 1 aliphatic rings. The van der Waals surface area contributed by atoms with Gasteiger partial charge in [0.05, 0.1) is 11.7 Å². The molecule has 1 unspecified atom stereocenters. The molecule has 0 bridgehead atoms. The molecule has 1 saturated heterocycles. The SMILES string of the molecule is CC(C)(C)OC(=O)NC1CCN(c2cccc(F)c2NC=O)C1. The number of rotatable bonds is 4. The third-order valence-corrected chi connectivity index (χ3v) is 3.44. The Kier molecular flexibility index (Phi) is 5.08. The molecule has 6 nitrogen and oxygen atoms in total. The fourth-order valence-electron chi connectivity index (χ4n) is 2.55.